The highest BCUT2D eigenvalue weighted by molar-refractivity contribution is 7.80. The molecule has 66 valence electrons. The van der Waals surface area contributed by atoms with Crippen molar-refractivity contribution in [2.45, 2.75) is 19.3 Å². The average molecular weight is 184 g/mol. The summed E-state index contributed by atoms with van der Waals surface area (Å²) in [6.07, 6.45) is 3.29. The van der Waals surface area contributed by atoms with Gasteiger partial charge in [-0.15, -0.1) is 0 Å². The van der Waals surface area contributed by atoms with Gasteiger partial charge in [-0.1, -0.05) is 12.1 Å². The Morgan fingerprint density at radius 2 is 1.75 bits per heavy atom. The monoisotopic (exact) mass is 184 g/mol. The van der Waals surface area contributed by atoms with Crippen LogP contribution in [-0.2, 0) is 6.42 Å². The molecular weight excluding hydrogens is 171 g/mol. The number of thiol groups is 1. The molecule has 0 aliphatic heterocycles. The molecule has 1 rings (SSSR count). The SMILES string of the molecule is Fc1ccc(CCCCS)cc1. The predicted octanol–water partition coefficient (Wildman–Crippen LogP) is 3.08. The molecule has 1 aromatic carbocycles. The molecule has 0 spiro atoms. The highest BCUT2D eigenvalue weighted by Crippen LogP contribution is 2.06. The summed E-state index contributed by atoms with van der Waals surface area (Å²) >= 11 is 4.12. The molecule has 0 aliphatic rings. The molecule has 0 atom stereocenters. The van der Waals surface area contributed by atoms with Crippen molar-refractivity contribution in [3.63, 3.8) is 0 Å². The Kier molecular flexibility index (Phi) is 4.15. The summed E-state index contributed by atoms with van der Waals surface area (Å²) in [6, 6.07) is 6.70. The van der Waals surface area contributed by atoms with E-state index >= 15 is 0 Å². The fraction of sp³-hybridized carbons (Fsp3) is 0.400. The minimum atomic E-state index is -0.159. The van der Waals surface area contributed by atoms with E-state index in [4.69, 9.17) is 0 Å². The van der Waals surface area contributed by atoms with Crippen LogP contribution >= 0.6 is 12.6 Å². The first-order valence-electron chi connectivity index (χ1n) is 4.18. The van der Waals surface area contributed by atoms with Gasteiger partial charge in [-0.2, -0.15) is 12.6 Å². The molecule has 0 nitrogen and oxygen atoms in total. The van der Waals surface area contributed by atoms with E-state index in [1.165, 1.54) is 17.7 Å². The maximum absolute atomic E-state index is 12.5. The molecule has 0 saturated heterocycles. The second kappa shape index (κ2) is 5.20. The Labute approximate surface area is 78.2 Å². The van der Waals surface area contributed by atoms with Crippen molar-refractivity contribution in [3.8, 4) is 0 Å². The van der Waals surface area contributed by atoms with Crippen LogP contribution in [0.2, 0.25) is 0 Å². The molecule has 0 radical (unpaired) electrons. The molecule has 1 aromatic rings. The zero-order valence-corrected chi connectivity index (χ0v) is 7.86. The molecule has 0 unspecified atom stereocenters. The Morgan fingerprint density at radius 1 is 1.08 bits per heavy atom. The fourth-order valence-corrected chi connectivity index (χ4v) is 1.32. The van der Waals surface area contributed by atoms with Gasteiger partial charge in [0, 0.05) is 0 Å². The zero-order valence-electron chi connectivity index (χ0n) is 6.96. The van der Waals surface area contributed by atoms with Crippen LogP contribution in [0.4, 0.5) is 4.39 Å². The third kappa shape index (κ3) is 3.26. The van der Waals surface area contributed by atoms with Gasteiger partial charge >= 0.3 is 0 Å². The molecule has 2 heteroatoms. The summed E-state index contributed by atoms with van der Waals surface area (Å²) < 4.78 is 12.5. The third-order valence-electron chi connectivity index (χ3n) is 1.79. The van der Waals surface area contributed by atoms with Gasteiger partial charge < -0.3 is 0 Å². The smallest absolute Gasteiger partial charge is 0.123 e. The highest BCUT2D eigenvalue weighted by atomic mass is 32.1. The first-order chi connectivity index (χ1) is 5.83. The summed E-state index contributed by atoms with van der Waals surface area (Å²) in [6.45, 7) is 0. The van der Waals surface area contributed by atoms with E-state index in [1.807, 2.05) is 12.1 Å². The van der Waals surface area contributed by atoms with Gasteiger partial charge in [0.25, 0.3) is 0 Å². The van der Waals surface area contributed by atoms with Gasteiger partial charge in [-0.3, -0.25) is 0 Å². The lowest BCUT2D eigenvalue weighted by molar-refractivity contribution is 0.626. The first-order valence-corrected chi connectivity index (χ1v) is 4.81. The van der Waals surface area contributed by atoms with Crippen LogP contribution in [0, 0.1) is 5.82 Å². The summed E-state index contributed by atoms with van der Waals surface area (Å²) in [5.74, 6) is 0.772. The Morgan fingerprint density at radius 3 is 2.33 bits per heavy atom. The number of hydrogen-bond donors (Lipinski definition) is 1. The van der Waals surface area contributed by atoms with Crippen LogP contribution in [0.25, 0.3) is 0 Å². The van der Waals surface area contributed by atoms with Crippen molar-refractivity contribution < 1.29 is 4.39 Å². The van der Waals surface area contributed by atoms with Gasteiger partial charge in [0.2, 0.25) is 0 Å². The number of unbranched alkanes of at least 4 members (excludes halogenated alkanes) is 1. The van der Waals surface area contributed by atoms with E-state index in [0.717, 1.165) is 25.0 Å². The van der Waals surface area contributed by atoms with Crippen molar-refractivity contribution >= 4 is 12.6 Å². The average Bonchev–Trinajstić information content (AvgIpc) is 2.09. The molecule has 0 fully saturated rings. The predicted molar refractivity (Wildman–Crippen MR) is 53.2 cm³/mol. The molecule has 0 heterocycles. The lowest BCUT2D eigenvalue weighted by Crippen LogP contribution is -1.86. The van der Waals surface area contributed by atoms with E-state index in [0.29, 0.717) is 0 Å². The lowest BCUT2D eigenvalue weighted by Gasteiger charge is -1.99. The van der Waals surface area contributed by atoms with Crippen LogP contribution in [0.5, 0.6) is 0 Å². The van der Waals surface area contributed by atoms with Gasteiger partial charge in [0.1, 0.15) is 5.82 Å². The fourth-order valence-electron chi connectivity index (χ4n) is 1.09. The minimum Gasteiger partial charge on any atom is -0.207 e. The van der Waals surface area contributed by atoms with Crippen LogP contribution in [0.15, 0.2) is 24.3 Å². The van der Waals surface area contributed by atoms with Crippen molar-refractivity contribution in [2.24, 2.45) is 0 Å². The summed E-state index contributed by atoms with van der Waals surface area (Å²) in [4.78, 5) is 0. The Hall–Kier alpha value is -0.500. The van der Waals surface area contributed by atoms with Crippen LogP contribution in [0.3, 0.4) is 0 Å². The largest absolute Gasteiger partial charge is 0.207 e. The topological polar surface area (TPSA) is 0 Å². The van der Waals surface area contributed by atoms with E-state index in [2.05, 4.69) is 12.6 Å². The molecule has 0 aromatic heterocycles. The van der Waals surface area contributed by atoms with E-state index in [-0.39, 0.29) is 5.82 Å². The maximum atomic E-state index is 12.5. The number of hydrogen-bond acceptors (Lipinski definition) is 1. The van der Waals surface area contributed by atoms with Gasteiger partial charge in [-0.25, -0.2) is 4.39 Å². The molecule has 0 aliphatic carbocycles. The molecule has 0 bridgehead atoms. The van der Waals surface area contributed by atoms with Crippen LogP contribution < -0.4 is 0 Å². The maximum Gasteiger partial charge on any atom is 0.123 e. The number of benzene rings is 1. The number of halogens is 1. The quantitative estimate of drug-likeness (QED) is 0.539. The van der Waals surface area contributed by atoms with Gasteiger partial charge in [0.15, 0.2) is 0 Å². The van der Waals surface area contributed by atoms with Crippen molar-refractivity contribution in [2.75, 3.05) is 5.75 Å². The van der Waals surface area contributed by atoms with Crippen molar-refractivity contribution in [1.29, 1.82) is 0 Å². The molecular formula is C10H13FS. The van der Waals surface area contributed by atoms with Crippen LogP contribution in [0.1, 0.15) is 18.4 Å². The lowest BCUT2D eigenvalue weighted by atomic mass is 10.1. The number of aryl methyl sites for hydroxylation is 1. The minimum absolute atomic E-state index is 0.159. The Balaban J connectivity index is 2.37. The standard InChI is InChI=1S/C10H13FS/c11-10-6-4-9(5-7-10)3-1-2-8-12/h4-7,12H,1-3,8H2. The second-order valence-electron chi connectivity index (χ2n) is 2.81. The van der Waals surface area contributed by atoms with Crippen molar-refractivity contribution in [3.05, 3.63) is 35.6 Å². The molecule has 0 saturated carbocycles. The number of rotatable bonds is 4. The zero-order chi connectivity index (χ0) is 8.81. The molecule has 0 amide bonds. The second-order valence-corrected chi connectivity index (χ2v) is 3.25. The summed E-state index contributed by atoms with van der Waals surface area (Å²) in [5, 5.41) is 0. The summed E-state index contributed by atoms with van der Waals surface area (Å²) in [5.41, 5.74) is 1.21. The van der Waals surface area contributed by atoms with Gasteiger partial charge in [-0.05, 0) is 42.7 Å². The van der Waals surface area contributed by atoms with E-state index in [9.17, 15) is 4.39 Å². The summed E-state index contributed by atoms with van der Waals surface area (Å²) in [7, 11) is 0. The third-order valence-corrected chi connectivity index (χ3v) is 2.10. The Bertz CT molecular complexity index is 218. The normalized spacial score (nSPS) is 10.2. The van der Waals surface area contributed by atoms with Crippen LogP contribution in [-0.4, -0.2) is 5.75 Å². The van der Waals surface area contributed by atoms with E-state index in [1.54, 1.807) is 0 Å². The molecule has 12 heavy (non-hydrogen) atoms. The van der Waals surface area contributed by atoms with E-state index < -0.39 is 0 Å². The highest BCUT2D eigenvalue weighted by Gasteiger charge is 1.93. The molecule has 0 N–H and O–H groups in total. The van der Waals surface area contributed by atoms with Gasteiger partial charge in [0.05, 0.1) is 0 Å². The van der Waals surface area contributed by atoms with Crippen molar-refractivity contribution in [1.82, 2.24) is 0 Å². The first kappa shape index (κ1) is 9.59.